The summed E-state index contributed by atoms with van der Waals surface area (Å²) in [4.78, 5) is 4.75. The fraction of sp³-hybridized carbons (Fsp3) is 0.632. The van der Waals surface area contributed by atoms with Crippen molar-refractivity contribution in [1.82, 2.24) is 9.80 Å². The zero-order valence-electron chi connectivity index (χ0n) is 15.4. The van der Waals surface area contributed by atoms with E-state index in [0.717, 1.165) is 64.0 Å². The van der Waals surface area contributed by atoms with E-state index in [2.05, 4.69) is 21.9 Å². The van der Waals surface area contributed by atoms with Gasteiger partial charge in [-0.1, -0.05) is 6.07 Å². The number of nitrogens with zero attached hydrogens (tertiary/aromatic N) is 3. The molecule has 0 atom stereocenters. The number of hydrogen-bond acceptors (Lipinski definition) is 6. The summed E-state index contributed by atoms with van der Waals surface area (Å²) in [5.41, 5.74) is 1.17. The second-order valence-corrected chi connectivity index (χ2v) is 6.06. The number of nitriles is 1. The Bertz CT molecular complexity index is 553. The van der Waals surface area contributed by atoms with Gasteiger partial charge in [-0.15, -0.1) is 0 Å². The van der Waals surface area contributed by atoms with Gasteiger partial charge in [0.1, 0.15) is 0 Å². The molecule has 138 valence electrons. The van der Waals surface area contributed by atoms with Gasteiger partial charge in [0.05, 0.1) is 33.0 Å². The first-order valence-electron chi connectivity index (χ1n) is 8.96. The summed E-state index contributed by atoms with van der Waals surface area (Å²) >= 11 is 0. The number of methoxy groups -OCH3 is 1. The van der Waals surface area contributed by atoms with Crippen LogP contribution in [0.5, 0.6) is 11.5 Å². The van der Waals surface area contributed by atoms with Crippen molar-refractivity contribution < 1.29 is 14.2 Å². The quantitative estimate of drug-likeness (QED) is 0.646. The average molecular weight is 347 g/mol. The number of benzene rings is 1. The second-order valence-electron chi connectivity index (χ2n) is 6.06. The van der Waals surface area contributed by atoms with Crippen molar-refractivity contribution in [3.8, 4) is 17.6 Å². The normalized spacial score (nSPS) is 15.1. The summed E-state index contributed by atoms with van der Waals surface area (Å²) < 4.78 is 16.4. The molecule has 1 aromatic carbocycles. The molecule has 0 amide bonds. The maximum atomic E-state index is 8.94. The second kappa shape index (κ2) is 10.9. The van der Waals surface area contributed by atoms with E-state index in [1.807, 2.05) is 19.1 Å². The maximum Gasteiger partial charge on any atom is 0.161 e. The molecule has 1 aliphatic heterocycles. The number of hydrogen-bond donors (Lipinski definition) is 0. The summed E-state index contributed by atoms with van der Waals surface area (Å²) in [6, 6.07) is 8.31. The van der Waals surface area contributed by atoms with Crippen molar-refractivity contribution >= 4 is 0 Å². The Balaban J connectivity index is 1.96. The molecule has 1 aromatic rings. The van der Waals surface area contributed by atoms with Crippen LogP contribution in [0.3, 0.4) is 0 Å². The van der Waals surface area contributed by atoms with E-state index in [1.165, 1.54) is 5.56 Å². The van der Waals surface area contributed by atoms with Crippen LogP contribution in [0.4, 0.5) is 0 Å². The van der Waals surface area contributed by atoms with Crippen molar-refractivity contribution in [2.75, 3.05) is 59.7 Å². The van der Waals surface area contributed by atoms with Gasteiger partial charge in [-0.2, -0.15) is 5.26 Å². The van der Waals surface area contributed by atoms with E-state index in [1.54, 1.807) is 7.11 Å². The number of morpholine rings is 1. The third-order valence-electron chi connectivity index (χ3n) is 4.31. The van der Waals surface area contributed by atoms with Crippen LogP contribution in [0.15, 0.2) is 18.2 Å². The average Bonchev–Trinajstić information content (AvgIpc) is 2.66. The van der Waals surface area contributed by atoms with Crippen LogP contribution in [-0.2, 0) is 11.3 Å². The summed E-state index contributed by atoms with van der Waals surface area (Å²) in [6.07, 6.45) is 0.539. The highest BCUT2D eigenvalue weighted by atomic mass is 16.5. The zero-order valence-corrected chi connectivity index (χ0v) is 15.4. The van der Waals surface area contributed by atoms with Gasteiger partial charge in [0.15, 0.2) is 11.5 Å². The minimum atomic E-state index is 0.539. The van der Waals surface area contributed by atoms with Crippen LogP contribution < -0.4 is 9.47 Å². The predicted octanol–water partition coefficient (Wildman–Crippen LogP) is 2.14. The highest BCUT2D eigenvalue weighted by Crippen LogP contribution is 2.28. The Hall–Kier alpha value is -1.81. The van der Waals surface area contributed by atoms with E-state index in [4.69, 9.17) is 19.5 Å². The van der Waals surface area contributed by atoms with Crippen molar-refractivity contribution in [2.24, 2.45) is 0 Å². The van der Waals surface area contributed by atoms with E-state index in [-0.39, 0.29) is 0 Å². The molecule has 1 fully saturated rings. The molecule has 25 heavy (non-hydrogen) atoms. The summed E-state index contributed by atoms with van der Waals surface area (Å²) in [6.45, 7) is 9.70. The SMILES string of the molecule is CCOc1ccc(CN(CCC#N)CCN2CCOCC2)cc1OC. The zero-order chi connectivity index (χ0) is 17.9. The minimum Gasteiger partial charge on any atom is -0.493 e. The van der Waals surface area contributed by atoms with Crippen LogP contribution >= 0.6 is 0 Å². The van der Waals surface area contributed by atoms with Crippen molar-refractivity contribution in [1.29, 1.82) is 5.26 Å². The van der Waals surface area contributed by atoms with E-state index in [9.17, 15) is 0 Å². The molecule has 0 spiro atoms. The van der Waals surface area contributed by atoms with Gasteiger partial charge in [0.25, 0.3) is 0 Å². The molecule has 6 heteroatoms. The van der Waals surface area contributed by atoms with Crippen LogP contribution in [0, 0.1) is 11.3 Å². The van der Waals surface area contributed by atoms with Gasteiger partial charge in [0, 0.05) is 45.7 Å². The lowest BCUT2D eigenvalue weighted by Gasteiger charge is -2.30. The van der Waals surface area contributed by atoms with Gasteiger partial charge in [0.2, 0.25) is 0 Å². The van der Waals surface area contributed by atoms with Gasteiger partial charge >= 0.3 is 0 Å². The molecule has 0 saturated carbocycles. The van der Waals surface area contributed by atoms with Crippen molar-refractivity contribution in [3.63, 3.8) is 0 Å². The van der Waals surface area contributed by atoms with Crippen LogP contribution in [0.25, 0.3) is 0 Å². The summed E-state index contributed by atoms with van der Waals surface area (Å²) in [7, 11) is 1.66. The molecule has 0 N–H and O–H groups in total. The summed E-state index contributed by atoms with van der Waals surface area (Å²) in [5, 5.41) is 8.94. The standard InChI is InChI=1S/C19H29N3O3/c1-3-25-18-6-5-17(15-19(18)23-2)16-22(8-4-7-20)10-9-21-11-13-24-14-12-21/h5-6,15H,3-4,8-14,16H2,1-2H3. The maximum absolute atomic E-state index is 8.94. The topological polar surface area (TPSA) is 58.0 Å². The smallest absolute Gasteiger partial charge is 0.161 e. The van der Waals surface area contributed by atoms with Crippen molar-refractivity contribution in [3.05, 3.63) is 23.8 Å². The lowest BCUT2D eigenvalue weighted by Crippen LogP contribution is -2.41. The number of rotatable bonds is 10. The molecule has 2 rings (SSSR count). The van der Waals surface area contributed by atoms with Crippen LogP contribution in [-0.4, -0.2) is 69.5 Å². The van der Waals surface area contributed by atoms with Crippen LogP contribution in [0.2, 0.25) is 0 Å². The Morgan fingerprint density at radius 1 is 1.24 bits per heavy atom. The monoisotopic (exact) mass is 347 g/mol. The first-order valence-corrected chi connectivity index (χ1v) is 8.96. The molecule has 0 aromatic heterocycles. The van der Waals surface area contributed by atoms with Gasteiger partial charge in [-0.3, -0.25) is 9.80 Å². The van der Waals surface area contributed by atoms with Gasteiger partial charge in [-0.25, -0.2) is 0 Å². The Kier molecular flexibility index (Phi) is 8.53. The molecule has 6 nitrogen and oxygen atoms in total. The fourth-order valence-corrected chi connectivity index (χ4v) is 2.93. The minimum absolute atomic E-state index is 0.539. The highest BCUT2D eigenvalue weighted by Gasteiger charge is 2.14. The Morgan fingerprint density at radius 3 is 2.72 bits per heavy atom. The molecule has 0 unspecified atom stereocenters. The third kappa shape index (κ3) is 6.54. The molecular weight excluding hydrogens is 318 g/mol. The van der Waals surface area contributed by atoms with E-state index < -0.39 is 0 Å². The Morgan fingerprint density at radius 2 is 2.04 bits per heavy atom. The van der Waals surface area contributed by atoms with Gasteiger partial charge < -0.3 is 14.2 Å². The molecule has 0 radical (unpaired) electrons. The fourth-order valence-electron chi connectivity index (χ4n) is 2.93. The first kappa shape index (κ1) is 19.5. The highest BCUT2D eigenvalue weighted by molar-refractivity contribution is 5.42. The summed E-state index contributed by atoms with van der Waals surface area (Å²) in [5.74, 6) is 1.53. The van der Waals surface area contributed by atoms with Crippen molar-refractivity contribution in [2.45, 2.75) is 19.9 Å². The lowest BCUT2D eigenvalue weighted by molar-refractivity contribution is 0.0330. The first-order chi connectivity index (χ1) is 12.3. The lowest BCUT2D eigenvalue weighted by atomic mass is 10.1. The molecule has 1 saturated heterocycles. The number of ether oxygens (including phenoxy) is 3. The van der Waals surface area contributed by atoms with E-state index in [0.29, 0.717) is 13.0 Å². The largest absolute Gasteiger partial charge is 0.493 e. The molecular formula is C19H29N3O3. The van der Waals surface area contributed by atoms with Crippen LogP contribution in [0.1, 0.15) is 18.9 Å². The predicted molar refractivity (Wildman–Crippen MR) is 96.9 cm³/mol. The van der Waals surface area contributed by atoms with Gasteiger partial charge in [-0.05, 0) is 24.6 Å². The van der Waals surface area contributed by atoms with E-state index >= 15 is 0 Å². The molecule has 1 aliphatic rings. The molecule has 0 bridgehead atoms. The molecule has 0 aliphatic carbocycles. The molecule has 1 heterocycles. The third-order valence-corrected chi connectivity index (χ3v) is 4.31. The Labute approximate surface area is 150 Å².